The van der Waals surface area contributed by atoms with E-state index >= 15 is 0 Å². The Balaban J connectivity index is 1.47. The van der Waals surface area contributed by atoms with E-state index < -0.39 is 0 Å². The highest BCUT2D eigenvalue weighted by Gasteiger charge is 2.30. The van der Waals surface area contributed by atoms with Crippen LogP contribution in [0.3, 0.4) is 0 Å². The van der Waals surface area contributed by atoms with Crippen molar-refractivity contribution in [3.8, 4) is 0 Å². The van der Waals surface area contributed by atoms with Crippen molar-refractivity contribution in [1.82, 2.24) is 19.4 Å². The van der Waals surface area contributed by atoms with Crippen LogP contribution in [0.4, 0.5) is 0 Å². The van der Waals surface area contributed by atoms with Gasteiger partial charge in [0.15, 0.2) is 0 Å². The highest BCUT2D eigenvalue weighted by molar-refractivity contribution is 5.79. The van der Waals surface area contributed by atoms with E-state index in [9.17, 15) is 4.79 Å². The van der Waals surface area contributed by atoms with E-state index in [1.165, 1.54) is 5.56 Å². The number of hydrogen-bond acceptors (Lipinski definition) is 3. The van der Waals surface area contributed by atoms with Crippen LogP contribution >= 0.6 is 0 Å². The van der Waals surface area contributed by atoms with Gasteiger partial charge in [0, 0.05) is 32.3 Å². The van der Waals surface area contributed by atoms with E-state index in [0.29, 0.717) is 12.3 Å². The molecule has 1 amide bonds. The SMILES string of the molecule is Cc1ccc(CC(=O)N2CCC(c3nc4ccncc4n3C)C2)cc1. The number of hydrogen-bond donors (Lipinski definition) is 0. The zero-order chi connectivity index (χ0) is 17.4. The monoisotopic (exact) mass is 334 g/mol. The van der Waals surface area contributed by atoms with E-state index in [2.05, 4.69) is 28.6 Å². The Kier molecular flexibility index (Phi) is 3.99. The van der Waals surface area contributed by atoms with Crippen molar-refractivity contribution in [3.05, 3.63) is 59.7 Å². The molecule has 1 aliphatic rings. The lowest BCUT2D eigenvalue weighted by molar-refractivity contribution is -0.129. The number of imidazole rings is 1. The summed E-state index contributed by atoms with van der Waals surface area (Å²) in [5.41, 5.74) is 4.31. The number of fused-ring (bicyclic) bond motifs is 1. The van der Waals surface area contributed by atoms with Crippen molar-refractivity contribution in [2.45, 2.75) is 25.7 Å². The molecular formula is C20H22N4O. The van der Waals surface area contributed by atoms with Gasteiger partial charge < -0.3 is 9.47 Å². The summed E-state index contributed by atoms with van der Waals surface area (Å²) < 4.78 is 2.11. The molecule has 5 heteroatoms. The Morgan fingerprint density at radius 3 is 2.80 bits per heavy atom. The molecule has 0 N–H and O–H groups in total. The topological polar surface area (TPSA) is 51.0 Å². The molecule has 25 heavy (non-hydrogen) atoms. The Morgan fingerprint density at radius 1 is 1.24 bits per heavy atom. The minimum atomic E-state index is 0.201. The number of carbonyl (C=O) groups is 1. The van der Waals surface area contributed by atoms with Gasteiger partial charge in [-0.15, -0.1) is 0 Å². The molecule has 2 aromatic heterocycles. The fourth-order valence-electron chi connectivity index (χ4n) is 3.61. The molecule has 3 heterocycles. The third kappa shape index (κ3) is 3.02. The number of benzene rings is 1. The average Bonchev–Trinajstić information content (AvgIpc) is 3.22. The fourth-order valence-corrected chi connectivity index (χ4v) is 3.61. The minimum Gasteiger partial charge on any atom is -0.342 e. The van der Waals surface area contributed by atoms with Gasteiger partial charge in [-0.05, 0) is 25.0 Å². The molecule has 1 fully saturated rings. The molecule has 4 rings (SSSR count). The summed E-state index contributed by atoms with van der Waals surface area (Å²) in [5, 5.41) is 0. The van der Waals surface area contributed by atoms with Crippen LogP contribution in [-0.2, 0) is 18.3 Å². The van der Waals surface area contributed by atoms with Crippen molar-refractivity contribution < 1.29 is 4.79 Å². The van der Waals surface area contributed by atoms with E-state index in [0.717, 1.165) is 41.9 Å². The molecule has 1 saturated heterocycles. The highest BCUT2D eigenvalue weighted by atomic mass is 16.2. The Labute approximate surface area is 147 Å². The van der Waals surface area contributed by atoms with Gasteiger partial charge in [0.1, 0.15) is 5.82 Å². The first-order valence-electron chi connectivity index (χ1n) is 8.71. The number of aryl methyl sites for hydroxylation is 2. The van der Waals surface area contributed by atoms with Crippen molar-refractivity contribution >= 4 is 16.9 Å². The lowest BCUT2D eigenvalue weighted by Crippen LogP contribution is -2.30. The van der Waals surface area contributed by atoms with Gasteiger partial charge >= 0.3 is 0 Å². The number of likely N-dealkylation sites (tertiary alicyclic amines) is 1. The highest BCUT2D eigenvalue weighted by Crippen LogP contribution is 2.29. The van der Waals surface area contributed by atoms with Crippen molar-refractivity contribution in [2.75, 3.05) is 13.1 Å². The van der Waals surface area contributed by atoms with Crippen LogP contribution in [0, 0.1) is 6.92 Å². The van der Waals surface area contributed by atoms with Gasteiger partial charge in [-0.3, -0.25) is 9.78 Å². The Hall–Kier alpha value is -2.69. The smallest absolute Gasteiger partial charge is 0.227 e. The van der Waals surface area contributed by atoms with Crippen LogP contribution < -0.4 is 0 Å². The summed E-state index contributed by atoms with van der Waals surface area (Å²) in [7, 11) is 2.03. The fraction of sp³-hybridized carbons (Fsp3) is 0.350. The van der Waals surface area contributed by atoms with Crippen LogP contribution in [0.15, 0.2) is 42.7 Å². The molecule has 0 aliphatic carbocycles. The maximum atomic E-state index is 12.6. The number of nitrogens with zero attached hydrogens (tertiary/aromatic N) is 4. The third-order valence-electron chi connectivity index (χ3n) is 5.10. The molecule has 1 aromatic carbocycles. The molecule has 5 nitrogen and oxygen atoms in total. The zero-order valence-corrected chi connectivity index (χ0v) is 14.6. The summed E-state index contributed by atoms with van der Waals surface area (Å²) in [4.78, 5) is 23.5. The molecule has 0 spiro atoms. The second-order valence-electron chi connectivity index (χ2n) is 6.88. The van der Waals surface area contributed by atoms with Gasteiger partial charge in [0.25, 0.3) is 0 Å². The van der Waals surface area contributed by atoms with Crippen LogP contribution in [0.1, 0.15) is 29.3 Å². The average molecular weight is 334 g/mol. The van der Waals surface area contributed by atoms with Crippen LogP contribution in [-0.4, -0.2) is 38.4 Å². The normalized spacial score (nSPS) is 17.4. The van der Waals surface area contributed by atoms with Crippen molar-refractivity contribution in [1.29, 1.82) is 0 Å². The van der Waals surface area contributed by atoms with E-state index in [-0.39, 0.29) is 5.91 Å². The number of aromatic nitrogens is 3. The van der Waals surface area contributed by atoms with Crippen LogP contribution in [0.25, 0.3) is 11.0 Å². The van der Waals surface area contributed by atoms with Crippen molar-refractivity contribution in [2.24, 2.45) is 7.05 Å². The maximum absolute atomic E-state index is 12.6. The summed E-state index contributed by atoms with van der Waals surface area (Å²) in [6, 6.07) is 10.1. The second-order valence-corrected chi connectivity index (χ2v) is 6.88. The van der Waals surface area contributed by atoms with Gasteiger partial charge in [0.05, 0.1) is 23.7 Å². The van der Waals surface area contributed by atoms with E-state index in [4.69, 9.17) is 4.98 Å². The predicted octanol–water partition coefficient (Wildman–Crippen LogP) is 2.84. The van der Waals surface area contributed by atoms with Crippen molar-refractivity contribution in [3.63, 3.8) is 0 Å². The quantitative estimate of drug-likeness (QED) is 0.740. The molecule has 0 bridgehead atoms. The summed E-state index contributed by atoms with van der Waals surface area (Å²) in [5.74, 6) is 1.54. The lowest BCUT2D eigenvalue weighted by Gasteiger charge is -2.16. The zero-order valence-electron chi connectivity index (χ0n) is 14.6. The van der Waals surface area contributed by atoms with E-state index in [1.54, 1.807) is 6.20 Å². The first-order valence-corrected chi connectivity index (χ1v) is 8.71. The number of carbonyl (C=O) groups excluding carboxylic acids is 1. The van der Waals surface area contributed by atoms with Crippen LogP contribution in [0.5, 0.6) is 0 Å². The maximum Gasteiger partial charge on any atom is 0.227 e. The molecule has 1 aliphatic heterocycles. The first kappa shape index (κ1) is 15.8. The summed E-state index contributed by atoms with van der Waals surface area (Å²) >= 11 is 0. The molecule has 0 saturated carbocycles. The largest absolute Gasteiger partial charge is 0.342 e. The first-order chi connectivity index (χ1) is 12.1. The Bertz CT molecular complexity index is 913. The molecular weight excluding hydrogens is 312 g/mol. The lowest BCUT2D eigenvalue weighted by atomic mass is 10.1. The number of amides is 1. The predicted molar refractivity (Wildman–Crippen MR) is 97.3 cm³/mol. The molecule has 128 valence electrons. The number of rotatable bonds is 3. The molecule has 0 radical (unpaired) electrons. The van der Waals surface area contributed by atoms with E-state index in [1.807, 2.05) is 36.3 Å². The third-order valence-corrected chi connectivity index (χ3v) is 5.10. The van der Waals surface area contributed by atoms with Gasteiger partial charge in [-0.2, -0.15) is 0 Å². The van der Waals surface area contributed by atoms with Gasteiger partial charge in [-0.1, -0.05) is 29.8 Å². The molecule has 3 aromatic rings. The second kappa shape index (κ2) is 6.31. The van der Waals surface area contributed by atoms with Crippen LogP contribution in [0.2, 0.25) is 0 Å². The minimum absolute atomic E-state index is 0.201. The standard InChI is InChI=1S/C20H22N4O/c1-14-3-5-15(6-4-14)11-19(25)24-10-8-16(13-24)20-22-17-7-9-21-12-18(17)23(20)2/h3-7,9,12,16H,8,10-11,13H2,1-2H3. The number of pyridine rings is 1. The Morgan fingerprint density at radius 2 is 2.04 bits per heavy atom. The summed E-state index contributed by atoms with van der Waals surface area (Å²) in [6.45, 7) is 3.61. The molecule has 1 atom stereocenters. The summed E-state index contributed by atoms with van der Waals surface area (Å²) in [6.07, 6.45) is 5.05. The van der Waals surface area contributed by atoms with Gasteiger partial charge in [0.2, 0.25) is 5.91 Å². The molecule has 1 unspecified atom stereocenters. The van der Waals surface area contributed by atoms with Gasteiger partial charge in [-0.25, -0.2) is 4.98 Å².